The number of hydrogen-bond donors (Lipinski definition) is 1. The second kappa shape index (κ2) is 11.4. The highest BCUT2D eigenvalue weighted by molar-refractivity contribution is 6.31. The number of hydrogen-bond acceptors (Lipinski definition) is 6. The van der Waals surface area contributed by atoms with E-state index in [1.807, 2.05) is 36.4 Å². The van der Waals surface area contributed by atoms with Gasteiger partial charge in [0.25, 0.3) is 5.56 Å². The van der Waals surface area contributed by atoms with Crippen LogP contribution in [0.15, 0.2) is 96.4 Å². The van der Waals surface area contributed by atoms with Gasteiger partial charge in [0, 0.05) is 42.0 Å². The molecule has 0 spiro atoms. The lowest BCUT2D eigenvalue weighted by Crippen LogP contribution is -2.38. The maximum Gasteiger partial charge on any atom is 0.254 e. The van der Waals surface area contributed by atoms with E-state index in [4.69, 9.17) is 23.2 Å². The standard InChI is InChI=1S/C27H21Cl2N7O2/c28-20-8-9-23(36-16-25(29)33-34-36)21(12-20)22-13-26(37)35(17-32-22)24(11-18-5-2-1-3-6-18)27(38)31-15-19-7-4-10-30-14-19/h1-10,12-14,16-17,24H,11,15H2,(H,31,38). The average Bonchev–Trinajstić information content (AvgIpc) is 3.37. The summed E-state index contributed by atoms with van der Waals surface area (Å²) in [6.45, 7) is 0.282. The quantitative estimate of drug-likeness (QED) is 0.311. The second-order valence-corrected chi connectivity index (χ2v) is 9.28. The zero-order valence-corrected chi connectivity index (χ0v) is 21.4. The van der Waals surface area contributed by atoms with Gasteiger partial charge < -0.3 is 5.32 Å². The number of carbonyl (C=O) groups excluding carboxylic acids is 1. The van der Waals surface area contributed by atoms with E-state index >= 15 is 0 Å². The molecule has 11 heteroatoms. The van der Waals surface area contributed by atoms with Gasteiger partial charge in [0.15, 0.2) is 5.15 Å². The highest BCUT2D eigenvalue weighted by atomic mass is 35.5. The van der Waals surface area contributed by atoms with Gasteiger partial charge in [0.1, 0.15) is 6.04 Å². The molecular formula is C27H21Cl2N7O2. The van der Waals surface area contributed by atoms with Crippen LogP contribution in [0.25, 0.3) is 16.9 Å². The topological polar surface area (TPSA) is 108 Å². The van der Waals surface area contributed by atoms with Gasteiger partial charge in [-0.3, -0.25) is 19.1 Å². The molecule has 3 aromatic heterocycles. The van der Waals surface area contributed by atoms with E-state index in [1.54, 1.807) is 36.7 Å². The van der Waals surface area contributed by atoms with E-state index in [1.165, 1.54) is 27.8 Å². The largest absolute Gasteiger partial charge is 0.350 e. The molecule has 0 aliphatic heterocycles. The molecule has 0 fully saturated rings. The Morgan fingerprint density at radius 1 is 1.00 bits per heavy atom. The van der Waals surface area contributed by atoms with E-state index in [2.05, 4.69) is 25.6 Å². The normalized spacial score (nSPS) is 11.7. The predicted molar refractivity (Wildman–Crippen MR) is 144 cm³/mol. The van der Waals surface area contributed by atoms with Crippen LogP contribution in [-0.2, 0) is 17.8 Å². The van der Waals surface area contributed by atoms with Crippen LogP contribution in [0.3, 0.4) is 0 Å². The van der Waals surface area contributed by atoms with Crippen LogP contribution in [0.1, 0.15) is 17.2 Å². The molecule has 0 saturated heterocycles. The van der Waals surface area contributed by atoms with E-state index < -0.39 is 11.6 Å². The minimum Gasteiger partial charge on any atom is -0.350 e. The van der Waals surface area contributed by atoms with Gasteiger partial charge in [0.2, 0.25) is 5.91 Å². The number of nitrogens with one attached hydrogen (secondary N) is 1. The maximum absolute atomic E-state index is 13.4. The highest BCUT2D eigenvalue weighted by Crippen LogP contribution is 2.28. The van der Waals surface area contributed by atoms with Crippen molar-refractivity contribution in [3.05, 3.63) is 123 Å². The number of amides is 1. The number of aromatic nitrogens is 6. The number of pyridine rings is 1. The molecule has 9 nitrogen and oxygen atoms in total. The van der Waals surface area contributed by atoms with Gasteiger partial charge in [-0.15, -0.1) is 5.10 Å². The average molecular weight is 546 g/mol. The van der Waals surface area contributed by atoms with Crippen molar-refractivity contribution in [1.29, 1.82) is 0 Å². The minimum atomic E-state index is -0.823. The summed E-state index contributed by atoms with van der Waals surface area (Å²) >= 11 is 12.2. The van der Waals surface area contributed by atoms with Crippen molar-refractivity contribution in [2.45, 2.75) is 19.0 Å². The molecule has 0 radical (unpaired) electrons. The van der Waals surface area contributed by atoms with Crippen LogP contribution in [0.2, 0.25) is 10.2 Å². The molecule has 0 bridgehead atoms. The molecule has 0 aliphatic carbocycles. The number of nitrogens with zero attached hydrogens (tertiary/aromatic N) is 6. The smallest absolute Gasteiger partial charge is 0.254 e. The summed E-state index contributed by atoms with van der Waals surface area (Å²) in [5.41, 5.74) is 2.88. The molecule has 190 valence electrons. The summed E-state index contributed by atoms with van der Waals surface area (Å²) in [5.74, 6) is -0.310. The zero-order valence-electron chi connectivity index (χ0n) is 19.9. The highest BCUT2D eigenvalue weighted by Gasteiger charge is 2.23. The molecule has 3 heterocycles. The number of carbonyl (C=O) groups is 1. The minimum absolute atomic E-state index is 0.218. The molecule has 1 unspecified atom stereocenters. The van der Waals surface area contributed by atoms with Crippen LogP contribution >= 0.6 is 23.2 Å². The zero-order chi connectivity index (χ0) is 26.5. The predicted octanol–water partition coefficient (Wildman–Crippen LogP) is 4.29. The lowest BCUT2D eigenvalue weighted by molar-refractivity contribution is -0.124. The molecule has 5 aromatic rings. The first-order valence-electron chi connectivity index (χ1n) is 11.6. The van der Waals surface area contributed by atoms with Gasteiger partial charge in [-0.2, -0.15) is 0 Å². The third-order valence-electron chi connectivity index (χ3n) is 5.88. The van der Waals surface area contributed by atoms with Crippen LogP contribution in [0.4, 0.5) is 0 Å². The van der Waals surface area contributed by atoms with Gasteiger partial charge in [0.05, 0.1) is 23.9 Å². The Labute approximate surface area is 227 Å². The fourth-order valence-corrected chi connectivity index (χ4v) is 4.33. The molecule has 1 N–H and O–H groups in total. The van der Waals surface area contributed by atoms with Crippen molar-refractivity contribution in [2.24, 2.45) is 0 Å². The van der Waals surface area contributed by atoms with Gasteiger partial charge >= 0.3 is 0 Å². The van der Waals surface area contributed by atoms with E-state index in [9.17, 15) is 9.59 Å². The Hall–Kier alpha value is -4.34. The van der Waals surface area contributed by atoms with Gasteiger partial charge in [-0.25, -0.2) is 9.67 Å². The first-order chi connectivity index (χ1) is 18.5. The monoisotopic (exact) mass is 545 g/mol. The van der Waals surface area contributed by atoms with Gasteiger partial charge in [-0.05, 0) is 35.4 Å². The summed E-state index contributed by atoms with van der Waals surface area (Å²) in [6.07, 6.45) is 6.57. The Kier molecular flexibility index (Phi) is 7.57. The van der Waals surface area contributed by atoms with Crippen LogP contribution in [0, 0.1) is 0 Å². The Morgan fingerprint density at radius 3 is 2.53 bits per heavy atom. The first kappa shape index (κ1) is 25.3. The Morgan fingerprint density at radius 2 is 1.82 bits per heavy atom. The first-order valence-corrected chi connectivity index (χ1v) is 12.4. The van der Waals surface area contributed by atoms with Crippen molar-refractivity contribution >= 4 is 29.1 Å². The number of halogens is 2. The van der Waals surface area contributed by atoms with E-state index in [0.717, 1.165) is 11.1 Å². The number of rotatable bonds is 8. The van der Waals surface area contributed by atoms with Crippen molar-refractivity contribution in [1.82, 2.24) is 34.8 Å². The molecular weight excluding hydrogens is 525 g/mol. The van der Waals surface area contributed by atoms with E-state index in [-0.39, 0.29) is 17.6 Å². The summed E-state index contributed by atoms with van der Waals surface area (Å²) in [5, 5.41) is 11.4. The van der Waals surface area contributed by atoms with E-state index in [0.29, 0.717) is 28.4 Å². The van der Waals surface area contributed by atoms with Crippen molar-refractivity contribution in [2.75, 3.05) is 0 Å². The van der Waals surface area contributed by atoms with Crippen LogP contribution in [-0.4, -0.2) is 35.4 Å². The molecule has 2 aromatic carbocycles. The SMILES string of the molecule is O=C(NCc1cccnc1)C(Cc1ccccc1)n1cnc(-c2cc(Cl)ccc2-n2cc(Cl)nn2)cc1=O. The molecule has 5 rings (SSSR count). The molecule has 1 amide bonds. The van der Waals surface area contributed by atoms with Crippen molar-refractivity contribution in [3.8, 4) is 16.9 Å². The maximum atomic E-state index is 13.4. The summed E-state index contributed by atoms with van der Waals surface area (Å²) in [6, 6.07) is 18.8. The summed E-state index contributed by atoms with van der Waals surface area (Å²) < 4.78 is 2.82. The lowest BCUT2D eigenvalue weighted by Gasteiger charge is -2.20. The summed E-state index contributed by atoms with van der Waals surface area (Å²) in [7, 11) is 0. The lowest BCUT2D eigenvalue weighted by atomic mass is 10.0. The second-order valence-electron chi connectivity index (χ2n) is 8.45. The molecule has 0 aliphatic rings. The third kappa shape index (κ3) is 5.80. The fourth-order valence-electron chi connectivity index (χ4n) is 4.03. The Balaban J connectivity index is 1.49. The molecule has 1 atom stereocenters. The molecule has 0 saturated carbocycles. The number of benzene rings is 2. The Bertz CT molecular complexity index is 1620. The van der Waals surface area contributed by atoms with Crippen LogP contribution in [0.5, 0.6) is 0 Å². The van der Waals surface area contributed by atoms with Crippen molar-refractivity contribution in [3.63, 3.8) is 0 Å². The molecule has 38 heavy (non-hydrogen) atoms. The van der Waals surface area contributed by atoms with Crippen molar-refractivity contribution < 1.29 is 4.79 Å². The fraction of sp³-hybridized carbons (Fsp3) is 0.111. The summed E-state index contributed by atoms with van der Waals surface area (Å²) in [4.78, 5) is 35.4. The van der Waals surface area contributed by atoms with Crippen LogP contribution < -0.4 is 10.9 Å². The van der Waals surface area contributed by atoms with Gasteiger partial charge in [-0.1, -0.05) is 64.8 Å². The third-order valence-corrected chi connectivity index (χ3v) is 6.29.